The molecule has 0 fully saturated rings. The van der Waals surface area contributed by atoms with Crippen molar-refractivity contribution < 1.29 is 14.3 Å². The number of amides is 1. The number of carbonyl (C=O) groups is 1. The molecule has 1 amide bonds. The molecule has 24 heavy (non-hydrogen) atoms. The first-order valence-electron chi connectivity index (χ1n) is 7.67. The minimum atomic E-state index is -0.474. The minimum absolute atomic E-state index is 0.0300. The molecule has 1 aromatic rings. The molecule has 0 aromatic heterocycles. The Bertz CT molecular complexity index is 663. The van der Waals surface area contributed by atoms with Crippen LogP contribution in [0.1, 0.15) is 25.8 Å². The van der Waals surface area contributed by atoms with Gasteiger partial charge in [0.25, 0.3) is 5.91 Å². The summed E-state index contributed by atoms with van der Waals surface area (Å²) in [6, 6.07) is 5.20. The maximum absolute atomic E-state index is 11.9. The van der Waals surface area contributed by atoms with E-state index in [1.54, 1.807) is 12.1 Å². The van der Waals surface area contributed by atoms with Gasteiger partial charge in [-0.2, -0.15) is 5.26 Å². The van der Waals surface area contributed by atoms with Crippen LogP contribution in [0.15, 0.2) is 30.4 Å². The highest BCUT2D eigenvalue weighted by atomic mass is 35.5. The summed E-state index contributed by atoms with van der Waals surface area (Å²) >= 11 is 6.26. The number of benzene rings is 1. The van der Waals surface area contributed by atoms with Crippen molar-refractivity contribution in [1.82, 2.24) is 5.32 Å². The van der Waals surface area contributed by atoms with Crippen LogP contribution in [0.2, 0.25) is 5.02 Å². The zero-order valence-electron chi connectivity index (χ0n) is 13.9. The number of hydrogen-bond acceptors (Lipinski definition) is 4. The largest absolute Gasteiger partial charge is 0.490 e. The Morgan fingerprint density at radius 3 is 2.75 bits per heavy atom. The molecule has 128 valence electrons. The Hall–Kier alpha value is -2.45. The first-order chi connectivity index (χ1) is 11.6. The molecule has 0 heterocycles. The fourth-order valence-electron chi connectivity index (χ4n) is 1.85. The maximum Gasteiger partial charge on any atom is 0.262 e. The second kappa shape index (κ2) is 10.3. The number of hydrogen-bond donors (Lipinski definition) is 1. The molecule has 0 saturated heterocycles. The molecule has 1 N–H and O–H groups in total. The van der Waals surface area contributed by atoms with E-state index in [2.05, 4.69) is 11.9 Å². The van der Waals surface area contributed by atoms with Crippen molar-refractivity contribution in [2.45, 2.75) is 20.3 Å². The number of halogens is 1. The molecule has 1 aromatic carbocycles. The number of rotatable bonds is 9. The fourth-order valence-corrected chi connectivity index (χ4v) is 2.13. The molecule has 0 unspecified atom stereocenters. The first kappa shape index (κ1) is 19.6. The van der Waals surface area contributed by atoms with E-state index in [1.807, 2.05) is 19.9 Å². The molecule has 0 aliphatic carbocycles. The van der Waals surface area contributed by atoms with Crippen LogP contribution in [-0.2, 0) is 4.79 Å². The van der Waals surface area contributed by atoms with Crippen molar-refractivity contribution in [2.24, 2.45) is 0 Å². The second-order valence-electron chi connectivity index (χ2n) is 4.78. The molecule has 0 saturated carbocycles. The summed E-state index contributed by atoms with van der Waals surface area (Å²) in [5.74, 6) is 0.471. The summed E-state index contributed by atoms with van der Waals surface area (Å²) in [5, 5.41) is 12.1. The highest BCUT2D eigenvalue weighted by Gasteiger charge is 2.14. The molecule has 5 nitrogen and oxygen atoms in total. The fraction of sp³-hybridized carbons (Fsp3) is 0.333. The quantitative estimate of drug-likeness (QED) is 0.419. The van der Waals surface area contributed by atoms with Crippen molar-refractivity contribution in [1.29, 1.82) is 5.26 Å². The average Bonchev–Trinajstić information content (AvgIpc) is 2.57. The van der Waals surface area contributed by atoms with Gasteiger partial charge < -0.3 is 14.8 Å². The normalized spacial score (nSPS) is 10.7. The lowest BCUT2D eigenvalue weighted by molar-refractivity contribution is -0.116. The number of nitrogens with zero attached hydrogens (tertiary/aromatic N) is 1. The Labute approximate surface area is 147 Å². The number of ether oxygens (including phenoxy) is 2. The van der Waals surface area contributed by atoms with E-state index in [0.29, 0.717) is 35.3 Å². The van der Waals surface area contributed by atoms with Crippen LogP contribution in [0.5, 0.6) is 11.5 Å². The second-order valence-corrected chi connectivity index (χ2v) is 5.19. The third-order valence-corrected chi connectivity index (χ3v) is 3.15. The van der Waals surface area contributed by atoms with Crippen LogP contribution in [0.4, 0.5) is 0 Å². The molecule has 0 atom stereocenters. The number of nitriles is 1. The molecule has 0 bridgehead atoms. The highest BCUT2D eigenvalue weighted by Crippen LogP contribution is 2.37. The van der Waals surface area contributed by atoms with Gasteiger partial charge in [0, 0.05) is 6.54 Å². The van der Waals surface area contributed by atoms with Gasteiger partial charge in [-0.15, -0.1) is 6.58 Å². The third-order valence-electron chi connectivity index (χ3n) is 2.87. The van der Waals surface area contributed by atoms with Crippen LogP contribution in [-0.4, -0.2) is 25.7 Å². The van der Waals surface area contributed by atoms with Crippen LogP contribution in [0.25, 0.3) is 6.08 Å². The van der Waals surface area contributed by atoms with Crippen molar-refractivity contribution in [3.05, 3.63) is 40.9 Å². The number of nitrogens with one attached hydrogen (secondary N) is 1. The van der Waals surface area contributed by atoms with Crippen molar-refractivity contribution in [3.8, 4) is 17.6 Å². The molecule has 6 heteroatoms. The van der Waals surface area contributed by atoms with Gasteiger partial charge in [-0.1, -0.05) is 24.6 Å². The lowest BCUT2D eigenvalue weighted by Gasteiger charge is -2.14. The predicted octanol–water partition coefficient (Wildman–Crippen LogP) is 3.74. The summed E-state index contributed by atoms with van der Waals surface area (Å²) in [6.07, 6.45) is 3.83. The molecular formula is C18H21ClN2O3. The average molecular weight is 349 g/mol. The summed E-state index contributed by atoms with van der Waals surface area (Å²) in [6.45, 7) is 8.60. The van der Waals surface area contributed by atoms with Gasteiger partial charge in [0.05, 0.1) is 18.2 Å². The highest BCUT2D eigenvalue weighted by molar-refractivity contribution is 6.32. The van der Waals surface area contributed by atoms with Crippen molar-refractivity contribution >= 4 is 23.6 Å². The Morgan fingerprint density at radius 2 is 2.17 bits per heavy atom. The van der Waals surface area contributed by atoms with Crippen LogP contribution in [0.3, 0.4) is 0 Å². The molecule has 0 aliphatic rings. The van der Waals surface area contributed by atoms with E-state index in [4.69, 9.17) is 21.1 Å². The summed E-state index contributed by atoms with van der Waals surface area (Å²) in [4.78, 5) is 11.9. The van der Waals surface area contributed by atoms with E-state index in [-0.39, 0.29) is 12.1 Å². The zero-order chi connectivity index (χ0) is 17.9. The van der Waals surface area contributed by atoms with E-state index < -0.39 is 5.91 Å². The van der Waals surface area contributed by atoms with Gasteiger partial charge in [-0.05, 0) is 37.1 Å². The van der Waals surface area contributed by atoms with Crippen LogP contribution >= 0.6 is 11.6 Å². The van der Waals surface area contributed by atoms with Crippen molar-refractivity contribution in [3.63, 3.8) is 0 Å². The van der Waals surface area contributed by atoms with Crippen LogP contribution in [0, 0.1) is 11.3 Å². The Kier molecular flexibility index (Phi) is 8.45. The topological polar surface area (TPSA) is 71.4 Å². The van der Waals surface area contributed by atoms with Gasteiger partial charge in [0.15, 0.2) is 11.5 Å². The van der Waals surface area contributed by atoms with Gasteiger partial charge in [-0.3, -0.25) is 4.79 Å². The third kappa shape index (κ3) is 5.64. The Morgan fingerprint density at radius 1 is 1.42 bits per heavy atom. The summed E-state index contributed by atoms with van der Waals surface area (Å²) in [5.41, 5.74) is 0.551. The first-order valence-corrected chi connectivity index (χ1v) is 8.05. The SMILES string of the molecule is C=CCNC(=O)/C(C#N)=C/c1cc(Cl)c(OCCC)c(OCC)c1. The maximum atomic E-state index is 11.9. The lowest BCUT2D eigenvalue weighted by atomic mass is 10.1. The molecule has 0 radical (unpaired) electrons. The van der Waals surface area contributed by atoms with Crippen LogP contribution < -0.4 is 14.8 Å². The smallest absolute Gasteiger partial charge is 0.262 e. The standard InChI is InChI=1S/C18H21ClN2O3/c1-4-7-21-18(22)14(12-20)9-13-10-15(19)17(24-8-5-2)16(11-13)23-6-3/h4,9-11H,1,5-8H2,2-3H3,(H,21,22)/b14-9+. The van der Waals surface area contributed by atoms with E-state index in [0.717, 1.165) is 6.42 Å². The monoisotopic (exact) mass is 348 g/mol. The van der Waals surface area contributed by atoms with E-state index in [9.17, 15) is 10.1 Å². The lowest BCUT2D eigenvalue weighted by Crippen LogP contribution is -2.24. The molecular weight excluding hydrogens is 328 g/mol. The van der Waals surface area contributed by atoms with Gasteiger partial charge in [0.1, 0.15) is 11.6 Å². The van der Waals surface area contributed by atoms with Gasteiger partial charge in [0.2, 0.25) is 0 Å². The van der Waals surface area contributed by atoms with Gasteiger partial charge in [-0.25, -0.2) is 0 Å². The summed E-state index contributed by atoms with van der Waals surface area (Å²) < 4.78 is 11.2. The van der Waals surface area contributed by atoms with Crippen molar-refractivity contribution in [2.75, 3.05) is 19.8 Å². The van der Waals surface area contributed by atoms with E-state index in [1.165, 1.54) is 12.2 Å². The molecule has 1 rings (SSSR count). The molecule has 0 aliphatic heterocycles. The Balaban J connectivity index is 3.19. The van der Waals surface area contributed by atoms with Gasteiger partial charge >= 0.3 is 0 Å². The minimum Gasteiger partial charge on any atom is -0.490 e. The predicted molar refractivity (Wildman–Crippen MR) is 95.2 cm³/mol. The number of carbonyl (C=O) groups excluding carboxylic acids is 1. The zero-order valence-corrected chi connectivity index (χ0v) is 14.7. The summed E-state index contributed by atoms with van der Waals surface area (Å²) in [7, 11) is 0. The molecule has 0 spiro atoms. The van der Waals surface area contributed by atoms with E-state index >= 15 is 0 Å².